The monoisotopic (exact) mass is 240 g/mol. The van der Waals surface area contributed by atoms with Crippen LogP contribution < -0.4 is 0 Å². The van der Waals surface area contributed by atoms with E-state index in [0.29, 0.717) is 14.2 Å². The summed E-state index contributed by atoms with van der Waals surface area (Å²) >= 11 is 0. The van der Waals surface area contributed by atoms with E-state index in [1.165, 1.54) is 0 Å². The number of alkyl halides is 3. The van der Waals surface area contributed by atoms with E-state index in [1.807, 2.05) is 0 Å². The van der Waals surface area contributed by atoms with Crippen molar-refractivity contribution in [2.45, 2.75) is 6.18 Å². The molecule has 0 aliphatic carbocycles. The molecule has 0 atom stereocenters. The summed E-state index contributed by atoms with van der Waals surface area (Å²) in [5.74, 6) is -3.12. The number of hydrogen-bond acceptors (Lipinski definition) is 3. The summed E-state index contributed by atoms with van der Waals surface area (Å²) in [4.78, 5) is 0. The van der Waals surface area contributed by atoms with Crippen LogP contribution in [0, 0.1) is 0 Å². The molecule has 0 saturated carbocycles. The fraction of sp³-hybridized carbons (Fsp3) is 0.600. The SMILES string of the molecule is COP(=O)(OC)/C(F)=C(\F)C(F)(F)F. The zero-order valence-corrected chi connectivity index (χ0v) is 7.96. The first-order chi connectivity index (χ1) is 6.19. The minimum atomic E-state index is -5.56. The highest BCUT2D eigenvalue weighted by Crippen LogP contribution is 2.58. The largest absolute Gasteiger partial charge is 0.446 e. The lowest BCUT2D eigenvalue weighted by Gasteiger charge is -2.12. The van der Waals surface area contributed by atoms with Gasteiger partial charge in [-0.2, -0.15) is 22.0 Å². The van der Waals surface area contributed by atoms with Crippen molar-refractivity contribution < 1.29 is 35.6 Å². The molecule has 0 spiro atoms. The molecule has 0 aromatic rings. The van der Waals surface area contributed by atoms with E-state index in [0.717, 1.165) is 0 Å². The van der Waals surface area contributed by atoms with Gasteiger partial charge in [-0.15, -0.1) is 0 Å². The van der Waals surface area contributed by atoms with Crippen molar-refractivity contribution in [3.8, 4) is 0 Å². The van der Waals surface area contributed by atoms with Crippen LogP contribution in [0.3, 0.4) is 0 Å². The smallest absolute Gasteiger partial charge is 0.307 e. The zero-order chi connectivity index (χ0) is 11.6. The summed E-state index contributed by atoms with van der Waals surface area (Å²) in [7, 11) is -3.54. The van der Waals surface area contributed by atoms with Crippen molar-refractivity contribution in [3.05, 3.63) is 11.4 Å². The molecule has 0 radical (unpaired) electrons. The number of rotatable bonds is 3. The Balaban J connectivity index is 5.29. The molecule has 0 saturated heterocycles. The Hall–Kier alpha value is -0.460. The highest BCUT2D eigenvalue weighted by atomic mass is 31.2. The molecule has 0 aliphatic rings. The Morgan fingerprint density at radius 1 is 1.14 bits per heavy atom. The third-order valence-electron chi connectivity index (χ3n) is 1.15. The molecule has 84 valence electrons. The first kappa shape index (κ1) is 13.5. The molecule has 0 amide bonds. The van der Waals surface area contributed by atoms with Crippen LogP contribution in [0.4, 0.5) is 22.0 Å². The lowest BCUT2D eigenvalue weighted by atomic mass is 10.6. The average Bonchev–Trinajstić information content (AvgIpc) is 2.12. The van der Waals surface area contributed by atoms with Crippen LogP contribution in [0.2, 0.25) is 0 Å². The molecule has 0 aromatic carbocycles. The fourth-order valence-electron chi connectivity index (χ4n) is 0.472. The van der Waals surface area contributed by atoms with E-state index in [-0.39, 0.29) is 0 Å². The standard InChI is InChI=1S/C5H6F5O3P/c1-12-14(11,13-2)4(7)3(6)5(8,9)10/h1-2H3/b4-3-. The molecular weight excluding hydrogens is 234 g/mol. The third-order valence-corrected chi connectivity index (χ3v) is 2.79. The summed E-state index contributed by atoms with van der Waals surface area (Å²) in [5, 5.41) is 0. The summed E-state index contributed by atoms with van der Waals surface area (Å²) in [6, 6.07) is 0. The molecule has 0 bridgehead atoms. The van der Waals surface area contributed by atoms with Gasteiger partial charge in [-0.1, -0.05) is 0 Å². The van der Waals surface area contributed by atoms with Crippen LogP contribution in [-0.2, 0) is 13.6 Å². The van der Waals surface area contributed by atoms with Gasteiger partial charge < -0.3 is 9.05 Å². The number of halogens is 5. The molecule has 0 rings (SSSR count). The van der Waals surface area contributed by atoms with Crippen molar-refractivity contribution in [2.75, 3.05) is 14.2 Å². The van der Waals surface area contributed by atoms with E-state index in [1.54, 1.807) is 0 Å². The van der Waals surface area contributed by atoms with Crippen molar-refractivity contribution in [1.29, 1.82) is 0 Å². The summed E-state index contributed by atoms with van der Waals surface area (Å²) < 4.78 is 78.2. The first-order valence-corrected chi connectivity index (χ1v) is 4.58. The number of allylic oxidation sites excluding steroid dienone is 1. The molecule has 0 heterocycles. The maximum absolute atomic E-state index is 12.6. The summed E-state index contributed by atoms with van der Waals surface area (Å²) in [6.45, 7) is 0. The van der Waals surface area contributed by atoms with Crippen LogP contribution in [0.25, 0.3) is 0 Å². The Morgan fingerprint density at radius 3 is 1.71 bits per heavy atom. The van der Waals surface area contributed by atoms with Gasteiger partial charge in [0.25, 0.3) is 5.57 Å². The van der Waals surface area contributed by atoms with E-state index in [4.69, 9.17) is 0 Å². The minimum absolute atomic E-state index is 0.632. The lowest BCUT2D eigenvalue weighted by molar-refractivity contribution is -0.110. The van der Waals surface area contributed by atoms with E-state index < -0.39 is 25.2 Å². The van der Waals surface area contributed by atoms with Gasteiger partial charge in [0.1, 0.15) is 0 Å². The predicted octanol–water partition coefficient (Wildman–Crippen LogP) is 3.14. The molecule has 14 heavy (non-hydrogen) atoms. The minimum Gasteiger partial charge on any atom is -0.307 e. The summed E-state index contributed by atoms with van der Waals surface area (Å²) in [5.41, 5.74) is -2.59. The highest BCUT2D eigenvalue weighted by molar-refractivity contribution is 7.58. The first-order valence-electron chi connectivity index (χ1n) is 3.03. The van der Waals surface area contributed by atoms with Gasteiger partial charge in [-0.3, -0.25) is 4.57 Å². The van der Waals surface area contributed by atoms with E-state index >= 15 is 0 Å². The predicted molar refractivity (Wildman–Crippen MR) is 36.9 cm³/mol. The van der Waals surface area contributed by atoms with Gasteiger partial charge in [-0.05, 0) is 0 Å². The Kier molecular flexibility index (Phi) is 4.23. The quantitative estimate of drug-likeness (QED) is 0.561. The van der Waals surface area contributed by atoms with Crippen molar-refractivity contribution in [1.82, 2.24) is 0 Å². The van der Waals surface area contributed by atoms with Crippen LogP contribution in [0.15, 0.2) is 11.4 Å². The second-order valence-electron chi connectivity index (χ2n) is 1.97. The second-order valence-corrected chi connectivity index (χ2v) is 4.08. The maximum atomic E-state index is 12.6. The highest BCUT2D eigenvalue weighted by Gasteiger charge is 2.44. The van der Waals surface area contributed by atoms with Gasteiger partial charge in [0, 0.05) is 14.2 Å². The van der Waals surface area contributed by atoms with Crippen LogP contribution in [-0.4, -0.2) is 20.4 Å². The maximum Gasteiger partial charge on any atom is 0.446 e. The van der Waals surface area contributed by atoms with E-state index in [2.05, 4.69) is 9.05 Å². The molecule has 0 fully saturated rings. The lowest BCUT2D eigenvalue weighted by Crippen LogP contribution is -2.10. The normalized spacial score (nSPS) is 15.4. The summed E-state index contributed by atoms with van der Waals surface area (Å²) in [6.07, 6.45) is -5.56. The molecular formula is C5H6F5O3P. The van der Waals surface area contributed by atoms with Crippen LogP contribution in [0.5, 0.6) is 0 Å². The molecule has 3 nitrogen and oxygen atoms in total. The van der Waals surface area contributed by atoms with Crippen LogP contribution >= 0.6 is 7.60 Å². The molecule has 0 aliphatic heterocycles. The third kappa shape index (κ3) is 2.76. The molecule has 0 unspecified atom stereocenters. The zero-order valence-electron chi connectivity index (χ0n) is 7.06. The molecule has 0 aromatic heterocycles. The van der Waals surface area contributed by atoms with Crippen LogP contribution in [0.1, 0.15) is 0 Å². The molecule has 0 N–H and O–H groups in total. The van der Waals surface area contributed by atoms with Gasteiger partial charge >= 0.3 is 13.8 Å². The Morgan fingerprint density at radius 2 is 1.50 bits per heavy atom. The van der Waals surface area contributed by atoms with Crippen molar-refractivity contribution in [2.24, 2.45) is 0 Å². The van der Waals surface area contributed by atoms with Crippen molar-refractivity contribution >= 4 is 7.60 Å². The van der Waals surface area contributed by atoms with E-state index in [9.17, 15) is 26.5 Å². The average molecular weight is 240 g/mol. The second kappa shape index (κ2) is 4.37. The van der Waals surface area contributed by atoms with Gasteiger partial charge in [-0.25, -0.2) is 0 Å². The number of hydrogen-bond donors (Lipinski definition) is 0. The molecule has 9 heteroatoms. The van der Waals surface area contributed by atoms with Crippen molar-refractivity contribution in [3.63, 3.8) is 0 Å². The topological polar surface area (TPSA) is 35.5 Å². The van der Waals surface area contributed by atoms with Gasteiger partial charge in [0.2, 0.25) is 5.83 Å². The Labute approximate surface area is 76.0 Å². The van der Waals surface area contributed by atoms with Gasteiger partial charge in [0.15, 0.2) is 0 Å². The van der Waals surface area contributed by atoms with Gasteiger partial charge in [0.05, 0.1) is 0 Å². The Bertz CT molecular complexity index is 276. The fourth-order valence-corrected chi connectivity index (χ4v) is 1.31.